The minimum absolute atomic E-state index is 0.0916. The molecule has 0 spiro atoms. The van der Waals surface area contributed by atoms with Crippen LogP contribution in [-0.2, 0) is 17.8 Å². The van der Waals surface area contributed by atoms with Crippen LogP contribution < -0.4 is 15.0 Å². The monoisotopic (exact) mass is 363 g/mol. The molecular formula is C23H27N2O2+. The van der Waals surface area contributed by atoms with Gasteiger partial charge in [-0.25, -0.2) is 0 Å². The van der Waals surface area contributed by atoms with Gasteiger partial charge in [0, 0.05) is 12.1 Å². The Balaban J connectivity index is 1.48. The van der Waals surface area contributed by atoms with Crippen LogP contribution in [0.3, 0.4) is 0 Å². The van der Waals surface area contributed by atoms with Crippen LogP contribution in [0.4, 0.5) is 0 Å². The van der Waals surface area contributed by atoms with Gasteiger partial charge in [0.2, 0.25) is 0 Å². The highest BCUT2D eigenvalue weighted by atomic mass is 16.5. The molecule has 0 saturated carbocycles. The average Bonchev–Trinajstić information content (AvgIpc) is 2.68. The molecule has 3 aromatic carbocycles. The van der Waals surface area contributed by atoms with E-state index in [4.69, 9.17) is 4.74 Å². The Hall–Kier alpha value is -2.85. The second-order valence-electron chi connectivity index (χ2n) is 6.94. The molecule has 0 heterocycles. The Kier molecular flexibility index (Phi) is 6.44. The van der Waals surface area contributed by atoms with Crippen molar-refractivity contribution in [2.24, 2.45) is 0 Å². The number of hydrogen-bond acceptors (Lipinski definition) is 2. The summed E-state index contributed by atoms with van der Waals surface area (Å²) in [4.78, 5) is 13.3. The lowest BCUT2D eigenvalue weighted by Crippen LogP contribution is -3.08. The molecule has 0 aromatic heterocycles. The summed E-state index contributed by atoms with van der Waals surface area (Å²) in [6.07, 6.45) is 0.861. The zero-order chi connectivity index (χ0) is 19.1. The van der Waals surface area contributed by atoms with E-state index in [1.54, 1.807) is 7.11 Å². The zero-order valence-electron chi connectivity index (χ0n) is 16.0. The van der Waals surface area contributed by atoms with E-state index in [0.29, 0.717) is 13.1 Å². The number of rotatable bonds is 8. The quantitative estimate of drug-likeness (QED) is 0.644. The van der Waals surface area contributed by atoms with Gasteiger partial charge in [0.25, 0.3) is 5.91 Å². The maximum Gasteiger partial charge on any atom is 0.275 e. The normalized spacial score (nSPS) is 11.9. The molecule has 0 saturated heterocycles. The second-order valence-corrected chi connectivity index (χ2v) is 6.94. The lowest BCUT2D eigenvalue weighted by atomic mass is 10.1. The Labute approximate surface area is 160 Å². The van der Waals surface area contributed by atoms with Gasteiger partial charge in [-0.1, -0.05) is 48.5 Å². The van der Waals surface area contributed by atoms with E-state index < -0.39 is 0 Å². The van der Waals surface area contributed by atoms with Crippen LogP contribution in [0.5, 0.6) is 5.75 Å². The van der Waals surface area contributed by atoms with E-state index in [1.807, 2.05) is 30.3 Å². The first kappa shape index (κ1) is 18.9. The number of methoxy groups -OCH3 is 1. The summed E-state index contributed by atoms with van der Waals surface area (Å²) in [7, 11) is 3.73. The van der Waals surface area contributed by atoms with Crippen LogP contribution in [-0.4, -0.2) is 33.2 Å². The van der Waals surface area contributed by atoms with Crippen LogP contribution in [0.15, 0.2) is 66.7 Å². The summed E-state index contributed by atoms with van der Waals surface area (Å²) in [6.45, 7) is 1.96. The minimum atomic E-state index is 0.0916. The fourth-order valence-corrected chi connectivity index (χ4v) is 3.25. The third-order valence-electron chi connectivity index (χ3n) is 4.66. The first-order chi connectivity index (χ1) is 13.1. The molecule has 0 bridgehead atoms. The number of amides is 1. The number of likely N-dealkylation sites (N-methyl/N-ethyl adjacent to an activating group) is 1. The van der Waals surface area contributed by atoms with E-state index in [1.165, 1.54) is 21.4 Å². The molecule has 4 heteroatoms. The third kappa shape index (κ3) is 5.56. The summed E-state index contributed by atoms with van der Waals surface area (Å²) in [5, 5.41) is 5.37. The average molecular weight is 363 g/mol. The maximum absolute atomic E-state index is 12.2. The predicted molar refractivity (Wildman–Crippen MR) is 109 cm³/mol. The fourth-order valence-electron chi connectivity index (χ4n) is 3.25. The van der Waals surface area contributed by atoms with E-state index in [0.717, 1.165) is 24.1 Å². The molecule has 3 rings (SSSR count). The molecule has 1 unspecified atom stereocenters. The Morgan fingerprint density at radius 2 is 1.70 bits per heavy atom. The van der Waals surface area contributed by atoms with Crippen LogP contribution in [0.25, 0.3) is 10.8 Å². The Morgan fingerprint density at radius 3 is 2.48 bits per heavy atom. The first-order valence-electron chi connectivity index (χ1n) is 9.32. The molecule has 1 atom stereocenters. The van der Waals surface area contributed by atoms with Crippen molar-refractivity contribution in [2.75, 3.05) is 27.2 Å². The third-order valence-corrected chi connectivity index (χ3v) is 4.66. The Morgan fingerprint density at radius 1 is 0.963 bits per heavy atom. The van der Waals surface area contributed by atoms with E-state index in [9.17, 15) is 4.79 Å². The molecule has 140 valence electrons. The molecule has 3 aromatic rings. The molecule has 0 aliphatic carbocycles. The smallest absolute Gasteiger partial charge is 0.275 e. The summed E-state index contributed by atoms with van der Waals surface area (Å²) in [5.74, 6) is 0.958. The molecule has 4 nitrogen and oxygen atoms in total. The highest BCUT2D eigenvalue weighted by Crippen LogP contribution is 2.21. The number of carbonyl (C=O) groups is 1. The number of nitrogens with one attached hydrogen (secondary N) is 2. The number of benzene rings is 3. The highest BCUT2D eigenvalue weighted by molar-refractivity contribution is 5.84. The van der Waals surface area contributed by atoms with Crippen molar-refractivity contribution >= 4 is 16.7 Å². The van der Waals surface area contributed by atoms with Crippen molar-refractivity contribution in [1.29, 1.82) is 0 Å². The van der Waals surface area contributed by atoms with Gasteiger partial charge < -0.3 is 15.0 Å². The van der Waals surface area contributed by atoms with Gasteiger partial charge in [0.05, 0.1) is 14.2 Å². The summed E-state index contributed by atoms with van der Waals surface area (Å²) in [6, 6.07) is 22.7. The SMILES string of the molecule is COc1ccc2cc(C[NH+](C)CC(=O)NCCc3ccccc3)ccc2c1. The highest BCUT2D eigenvalue weighted by Gasteiger charge is 2.10. The topological polar surface area (TPSA) is 42.8 Å². The lowest BCUT2D eigenvalue weighted by molar-refractivity contribution is -0.885. The van der Waals surface area contributed by atoms with E-state index in [2.05, 4.69) is 48.8 Å². The molecule has 2 N–H and O–H groups in total. The maximum atomic E-state index is 12.2. The standard InChI is InChI=1S/C23H26N2O2/c1-25(17-23(26)24-13-12-18-6-4-3-5-7-18)16-19-8-9-21-15-22(27-2)11-10-20(21)14-19/h3-11,14-15H,12-13,16-17H2,1-2H3,(H,24,26)/p+1. The zero-order valence-corrected chi connectivity index (χ0v) is 16.0. The molecule has 0 radical (unpaired) electrons. The van der Waals surface area contributed by atoms with Gasteiger partial charge >= 0.3 is 0 Å². The van der Waals surface area contributed by atoms with Gasteiger partial charge in [-0.3, -0.25) is 4.79 Å². The van der Waals surface area contributed by atoms with Crippen molar-refractivity contribution in [3.05, 3.63) is 77.9 Å². The number of quaternary nitrogens is 1. The molecule has 27 heavy (non-hydrogen) atoms. The van der Waals surface area contributed by atoms with Gasteiger partial charge in [-0.05, 0) is 41.0 Å². The minimum Gasteiger partial charge on any atom is -0.497 e. The molecule has 0 aliphatic rings. The Bertz CT molecular complexity index is 893. The van der Waals surface area contributed by atoms with Gasteiger partial charge in [0.1, 0.15) is 12.3 Å². The number of hydrogen-bond donors (Lipinski definition) is 2. The summed E-state index contributed by atoms with van der Waals surface area (Å²) < 4.78 is 5.27. The van der Waals surface area contributed by atoms with Crippen LogP contribution in [0.1, 0.15) is 11.1 Å². The molecule has 0 aliphatic heterocycles. The van der Waals surface area contributed by atoms with Crippen molar-refractivity contribution in [3.63, 3.8) is 0 Å². The van der Waals surface area contributed by atoms with Crippen LogP contribution in [0.2, 0.25) is 0 Å². The largest absolute Gasteiger partial charge is 0.497 e. The fraction of sp³-hybridized carbons (Fsp3) is 0.261. The van der Waals surface area contributed by atoms with E-state index >= 15 is 0 Å². The second kappa shape index (κ2) is 9.19. The predicted octanol–water partition coefficient (Wildman–Crippen LogP) is 2.22. The van der Waals surface area contributed by atoms with Crippen molar-refractivity contribution in [1.82, 2.24) is 5.32 Å². The molecule has 0 fully saturated rings. The van der Waals surface area contributed by atoms with Gasteiger partial charge in [-0.15, -0.1) is 0 Å². The number of carbonyl (C=O) groups excluding carboxylic acids is 1. The van der Waals surface area contributed by atoms with Crippen molar-refractivity contribution < 1.29 is 14.4 Å². The summed E-state index contributed by atoms with van der Waals surface area (Å²) >= 11 is 0. The van der Waals surface area contributed by atoms with E-state index in [-0.39, 0.29) is 5.91 Å². The number of ether oxygens (including phenoxy) is 1. The summed E-state index contributed by atoms with van der Waals surface area (Å²) in [5.41, 5.74) is 2.47. The van der Waals surface area contributed by atoms with Gasteiger partial charge in [0.15, 0.2) is 6.54 Å². The molecule has 1 amide bonds. The first-order valence-corrected chi connectivity index (χ1v) is 9.32. The van der Waals surface area contributed by atoms with Crippen LogP contribution >= 0.6 is 0 Å². The van der Waals surface area contributed by atoms with Gasteiger partial charge in [-0.2, -0.15) is 0 Å². The number of fused-ring (bicyclic) bond motifs is 1. The lowest BCUT2D eigenvalue weighted by Gasteiger charge is -2.14. The van der Waals surface area contributed by atoms with Crippen LogP contribution in [0, 0.1) is 0 Å². The van der Waals surface area contributed by atoms with Crippen molar-refractivity contribution in [3.8, 4) is 5.75 Å². The van der Waals surface area contributed by atoms with Crippen molar-refractivity contribution in [2.45, 2.75) is 13.0 Å². The molecular weight excluding hydrogens is 336 g/mol.